The molecule has 0 aromatic rings. The summed E-state index contributed by atoms with van der Waals surface area (Å²) in [6.07, 6.45) is 8.23. The Morgan fingerprint density at radius 3 is 2.53 bits per heavy atom. The molecule has 1 saturated carbocycles. The Bertz CT molecular complexity index is 303. The van der Waals surface area contributed by atoms with Gasteiger partial charge in [0.05, 0.1) is 5.25 Å². The van der Waals surface area contributed by atoms with Crippen LogP contribution >= 0.6 is 0 Å². The third kappa shape index (κ3) is 5.36. The highest BCUT2D eigenvalue weighted by Crippen LogP contribution is 2.24. The minimum Gasteiger partial charge on any atom is -0.396 e. The van der Waals surface area contributed by atoms with Gasteiger partial charge in [0.15, 0.2) is 9.84 Å². The molecule has 0 spiro atoms. The monoisotopic (exact) mass is 263 g/mol. The first kappa shape index (κ1) is 14.9. The summed E-state index contributed by atoms with van der Waals surface area (Å²) < 4.78 is 23.1. The minimum atomic E-state index is -2.90. The molecular weight excluding hydrogens is 238 g/mol. The molecule has 1 rings (SSSR count). The van der Waals surface area contributed by atoms with Crippen molar-refractivity contribution >= 4 is 9.84 Å². The van der Waals surface area contributed by atoms with Gasteiger partial charge in [0, 0.05) is 18.9 Å². The van der Waals surface area contributed by atoms with Crippen LogP contribution in [0, 0.1) is 0 Å². The lowest BCUT2D eigenvalue weighted by atomic mass is 10.2. The van der Waals surface area contributed by atoms with Gasteiger partial charge in [0.25, 0.3) is 0 Å². The van der Waals surface area contributed by atoms with Gasteiger partial charge in [-0.3, -0.25) is 0 Å². The highest BCUT2D eigenvalue weighted by atomic mass is 32.2. The van der Waals surface area contributed by atoms with Crippen molar-refractivity contribution in [2.24, 2.45) is 0 Å². The van der Waals surface area contributed by atoms with Gasteiger partial charge in [-0.05, 0) is 32.2 Å². The van der Waals surface area contributed by atoms with E-state index in [-0.39, 0.29) is 17.9 Å². The van der Waals surface area contributed by atoms with Crippen LogP contribution in [0.2, 0.25) is 0 Å². The van der Waals surface area contributed by atoms with Gasteiger partial charge >= 0.3 is 0 Å². The molecule has 0 bridgehead atoms. The van der Waals surface area contributed by atoms with Gasteiger partial charge in [-0.15, -0.1) is 0 Å². The predicted molar refractivity (Wildman–Crippen MR) is 69.8 cm³/mol. The zero-order valence-electron chi connectivity index (χ0n) is 10.7. The molecule has 1 fully saturated rings. The highest BCUT2D eigenvalue weighted by Gasteiger charge is 2.33. The predicted octanol–water partition coefficient (Wildman–Crippen LogP) is 1.09. The van der Waals surface area contributed by atoms with Crippen LogP contribution in [0.4, 0.5) is 0 Å². The molecule has 4 nitrogen and oxygen atoms in total. The first-order valence-corrected chi connectivity index (χ1v) is 8.54. The van der Waals surface area contributed by atoms with E-state index in [4.69, 9.17) is 5.11 Å². The Labute approximate surface area is 105 Å². The van der Waals surface area contributed by atoms with E-state index in [1.165, 1.54) is 6.26 Å². The maximum Gasteiger partial charge on any atom is 0.151 e. The van der Waals surface area contributed by atoms with Crippen molar-refractivity contribution in [3.05, 3.63) is 0 Å². The second kappa shape index (κ2) is 7.34. The van der Waals surface area contributed by atoms with Gasteiger partial charge in [-0.25, -0.2) is 8.42 Å². The van der Waals surface area contributed by atoms with Crippen LogP contribution in [0.15, 0.2) is 0 Å². The van der Waals surface area contributed by atoms with Crippen molar-refractivity contribution in [2.45, 2.75) is 56.2 Å². The number of hydrogen-bond donors (Lipinski definition) is 2. The van der Waals surface area contributed by atoms with Crippen molar-refractivity contribution in [3.8, 4) is 0 Å². The average molecular weight is 263 g/mol. The van der Waals surface area contributed by atoms with Gasteiger partial charge in [-0.2, -0.15) is 0 Å². The van der Waals surface area contributed by atoms with Gasteiger partial charge in [0.2, 0.25) is 0 Å². The Morgan fingerprint density at radius 2 is 1.88 bits per heavy atom. The summed E-state index contributed by atoms with van der Waals surface area (Å²) in [7, 11) is -2.90. The summed E-state index contributed by atoms with van der Waals surface area (Å²) >= 11 is 0. The second-order valence-electron chi connectivity index (χ2n) is 5.00. The third-order valence-corrected chi connectivity index (χ3v) is 5.16. The zero-order valence-corrected chi connectivity index (χ0v) is 11.5. The van der Waals surface area contributed by atoms with Crippen molar-refractivity contribution < 1.29 is 13.5 Å². The Kier molecular flexibility index (Phi) is 6.44. The van der Waals surface area contributed by atoms with E-state index in [0.717, 1.165) is 51.5 Å². The fourth-order valence-electron chi connectivity index (χ4n) is 2.55. The first-order valence-electron chi connectivity index (χ1n) is 6.59. The fourth-order valence-corrected chi connectivity index (χ4v) is 3.97. The largest absolute Gasteiger partial charge is 0.396 e. The second-order valence-corrected chi connectivity index (χ2v) is 7.26. The van der Waals surface area contributed by atoms with Crippen molar-refractivity contribution in [1.82, 2.24) is 5.32 Å². The molecule has 17 heavy (non-hydrogen) atoms. The van der Waals surface area contributed by atoms with Crippen LogP contribution in [-0.4, -0.2) is 44.2 Å². The maximum atomic E-state index is 11.6. The van der Waals surface area contributed by atoms with Crippen molar-refractivity contribution in [2.75, 3.05) is 19.4 Å². The van der Waals surface area contributed by atoms with E-state index in [1.54, 1.807) is 0 Å². The SMILES string of the molecule is CS(=O)(=O)C1CCCC1NCCCCCCO. The van der Waals surface area contributed by atoms with E-state index >= 15 is 0 Å². The molecule has 2 unspecified atom stereocenters. The van der Waals surface area contributed by atoms with Crippen LogP contribution in [0.3, 0.4) is 0 Å². The van der Waals surface area contributed by atoms with E-state index < -0.39 is 9.84 Å². The molecule has 0 aromatic carbocycles. The molecule has 0 aromatic heterocycles. The molecule has 0 heterocycles. The Morgan fingerprint density at radius 1 is 1.18 bits per heavy atom. The van der Waals surface area contributed by atoms with Crippen LogP contribution in [0.25, 0.3) is 0 Å². The molecule has 0 amide bonds. The summed E-state index contributed by atoms with van der Waals surface area (Å²) in [4.78, 5) is 0. The topological polar surface area (TPSA) is 66.4 Å². The number of aliphatic hydroxyl groups is 1. The standard InChI is InChI=1S/C12H25NO3S/c1-17(15,16)12-8-6-7-11(12)13-9-4-2-3-5-10-14/h11-14H,2-10H2,1H3. The van der Waals surface area contributed by atoms with Gasteiger partial charge in [-0.1, -0.05) is 19.3 Å². The molecule has 0 radical (unpaired) electrons. The fraction of sp³-hybridized carbons (Fsp3) is 1.00. The summed E-state index contributed by atoms with van der Waals surface area (Å²) in [5, 5.41) is 11.8. The van der Waals surface area contributed by atoms with Crippen LogP contribution in [0.5, 0.6) is 0 Å². The summed E-state index contributed by atoms with van der Waals surface area (Å²) in [5.74, 6) is 0. The number of rotatable bonds is 8. The Balaban J connectivity index is 2.18. The van der Waals surface area contributed by atoms with E-state index in [2.05, 4.69) is 5.32 Å². The lowest BCUT2D eigenvalue weighted by Gasteiger charge is -2.19. The molecule has 2 N–H and O–H groups in total. The zero-order chi connectivity index (χ0) is 12.7. The van der Waals surface area contributed by atoms with Gasteiger partial charge in [0.1, 0.15) is 0 Å². The normalized spacial score (nSPS) is 25.3. The molecule has 1 aliphatic rings. The molecule has 2 atom stereocenters. The summed E-state index contributed by atoms with van der Waals surface area (Å²) in [6.45, 7) is 1.16. The molecule has 102 valence electrons. The number of aliphatic hydroxyl groups excluding tert-OH is 1. The Hall–Kier alpha value is -0.130. The quantitative estimate of drug-likeness (QED) is 0.643. The maximum absolute atomic E-state index is 11.6. The minimum absolute atomic E-state index is 0.155. The molecule has 0 saturated heterocycles. The van der Waals surface area contributed by atoms with Crippen molar-refractivity contribution in [1.29, 1.82) is 0 Å². The number of sulfone groups is 1. The molecule has 1 aliphatic carbocycles. The van der Waals surface area contributed by atoms with Crippen LogP contribution in [-0.2, 0) is 9.84 Å². The lowest BCUT2D eigenvalue weighted by molar-refractivity contribution is 0.282. The summed E-state index contributed by atoms with van der Waals surface area (Å²) in [6, 6.07) is 0.155. The number of nitrogens with one attached hydrogen (secondary N) is 1. The molecular formula is C12H25NO3S. The summed E-state index contributed by atoms with van der Waals surface area (Å²) in [5.41, 5.74) is 0. The highest BCUT2D eigenvalue weighted by molar-refractivity contribution is 7.91. The van der Waals surface area contributed by atoms with Crippen LogP contribution < -0.4 is 5.32 Å². The number of unbranched alkanes of at least 4 members (excludes halogenated alkanes) is 3. The lowest BCUT2D eigenvalue weighted by Crippen LogP contribution is -2.40. The molecule has 0 aliphatic heterocycles. The van der Waals surface area contributed by atoms with E-state index in [1.807, 2.05) is 0 Å². The van der Waals surface area contributed by atoms with Crippen LogP contribution in [0.1, 0.15) is 44.9 Å². The number of hydrogen-bond acceptors (Lipinski definition) is 4. The third-order valence-electron chi connectivity index (χ3n) is 3.49. The van der Waals surface area contributed by atoms with E-state index in [9.17, 15) is 8.42 Å². The first-order chi connectivity index (χ1) is 8.05. The van der Waals surface area contributed by atoms with Crippen molar-refractivity contribution in [3.63, 3.8) is 0 Å². The average Bonchev–Trinajstić information content (AvgIpc) is 2.71. The van der Waals surface area contributed by atoms with E-state index in [0.29, 0.717) is 0 Å². The van der Waals surface area contributed by atoms with Gasteiger partial charge < -0.3 is 10.4 Å². The molecule has 5 heteroatoms. The smallest absolute Gasteiger partial charge is 0.151 e.